The third kappa shape index (κ3) is 2.26. The molecule has 2 aromatic carbocycles. The molecule has 2 aromatic rings. The van der Waals surface area contributed by atoms with E-state index in [2.05, 4.69) is 18.2 Å². The first-order valence-electron chi connectivity index (χ1n) is 6.11. The molecule has 0 fully saturated rings. The fraction of sp³-hybridized carbons (Fsp3) is 0.0625. The van der Waals surface area contributed by atoms with Gasteiger partial charge in [0.2, 0.25) is 0 Å². The molecule has 0 saturated carbocycles. The third-order valence-corrected chi connectivity index (χ3v) is 4.45. The van der Waals surface area contributed by atoms with Crippen LogP contribution in [0.2, 0.25) is 0 Å². The van der Waals surface area contributed by atoms with Crippen molar-refractivity contribution in [3.8, 4) is 6.07 Å². The second kappa shape index (κ2) is 5.20. The second-order valence-corrected chi connectivity index (χ2v) is 6.36. The summed E-state index contributed by atoms with van der Waals surface area (Å²) in [6, 6.07) is 16.4. The molecular weight excluding hydrogens is 284 g/mol. The number of nitriles is 1. The van der Waals surface area contributed by atoms with Crippen molar-refractivity contribution in [1.82, 2.24) is 0 Å². The Balaban J connectivity index is 2.20. The maximum atomic E-state index is 9.29. The predicted octanol–water partition coefficient (Wildman–Crippen LogP) is 4.56. The Morgan fingerprint density at radius 2 is 1.90 bits per heavy atom. The molecule has 0 aromatic heterocycles. The van der Waals surface area contributed by atoms with Crippen LogP contribution in [-0.2, 0) is 0 Å². The van der Waals surface area contributed by atoms with Gasteiger partial charge in [0.05, 0.1) is 9.77 Å². The fourth-order valence-electron chi connectivity index (χ4n) is 2.31. The molecule has 1 aliphatic rings. The van der Waals surface area contributed by atoms with E-state index in [0.717, 1.165) is 26.1 Å². The van der Waals surface area contributed by atoms with Crippen LogP contribution >= 0.6 is 24.0 Å². The molecule has 96 valence electrons. The molecule has 0 bridgehead atoms. The highest BCUT2D eigenvalue weighted by atomic mass is 32.2. The number of hydrogen-bond acceptors (Lipinski definition) is 4. The van der Waals surface area contributed by atoms with E-state index >= 15 is 0 Å². The molecule has 2 nitrogen and oxygen atoms in total. The summed E-state index contributed by atoms with van der Waals surface area (Å²) in [4.78, 5) is 0. The van der Waals surface area contributed by atoms with Crippen molar-refractivity contribution in [1.29, 1.82) is 10.7 Å². The molecule has 0 unspecified atom stereocenters. The van der Waals surface area contributed by atoms with E-state index in [-0.39, 0.29) is 5.04 Å². The van der Waals surface area contributed by atoms with Gasteiger partial charge in [0.1, 0.15) is 11.1 Å². The summed E-state index contributed by atoms with van der Waals surface area (Å²) >= 11 is 6.45. The Hall–Kier alpha value is -1.96. The number of benzene rings is 2. The van der Waals surface area contributed by atoms with Crippen molar-refractivity contribution in [3.05, 3.63) is 53.6 Å². The van der Waals surface area contributed by atoms with Gasteiger partial charge in [-0.1, -0.05) is 60.4 Å². The van der Waals surface area contributed by atoms with E-state index in [0.29, 0.717) is 12.0 Å². The lowest BCUT2D eigenvalue weighted by atomic mass is 9.95. The average Bonchev–Trinajstić information content (AvgIpc) is 2.46. The maximum Gasteiger partial charge on any atom is 0.111 e. The first-order valence-corrected chi connectivity index (χ1v) is 7.33. The molecule has 1 heterocycles. The Kier molecular flexibility index (Phi) is 3.39. The highest BCUT2D eigenvalue weighted by molar-refractivity contribution is 8.33. The van der Waals surface area contributed by atoms with E-state index in [1.54, 1.807) is 0 Å². The molecule has 20 heavy (non-hydrogen) atoms. The van der Waals surface area contributed by atoms with Crippen molar-refractivity contribution >= 4 is 49.6 Å². The van der Waals surface area contributed by atoms with E-state index < -0.39 is 0 Å². The normalized spacial score (nSPS) is 15.6. The van der Waals surface area contributed by atoms with Gasteiger partial charge in [-0.05, 0) is 28.0 Å². The lowest BCUT2D eigenvalue weighted by Gasteiger charge is -2.17. The van der Waals surface area contributed by atoms with Crippen LogP contribution in [0.3, 0.4) is 0 Å². The van der Waals surface area contributed by atoms with Gasteiger partial charge in [-0.2, -0.15) is 5.26 Å². The highest BCUT2D eigenvalue weighted by Gasteiger charge is 2.22. The molecule has 1 aliphatic heterocycles. The summed E-state index contributed by atoms with van der Waals surface area (Å²) in [5.41, 5.74) is 2.29. The molecule has 0 aliphatic carbocycles. The molecule has 0 amide bonds. The van der Waals surface area contributed by atoms with Crippen LogP contribution < -0.4 is 0 Å². The standard InChI is InChI=1S/C16H10N2S2/c17-9-14-13(8-15(19)20-16(14)18)12-6-5-10-3-1-2-4-11(10)7-12/h1-7,18H,8H2. The van der Waals surface area contributed by atoms with Crippen LogP contribution in [0.1, 0.15) is 12.0 Å². The quantitative estimate of drug-likeness (QED) is 0.784. The topological polar surface area (TPSA) is 47.6 Å². The SMILES string of the molecule is N#CC1=C(c2ccc3ccccc3c2)CC(=S)SC1=N. The molecule has 0 saturated heterocycles. The van der Waals surface area contributed by atoms with Crippen LogP contribution in [0.25, 0.3) is 16.3 Å². The van der Waals surface area contributed by atoms with Crippen LogP contribution in [0.5, 0.6) is 0 Å². The molecule has 0 spiro atoms. The smallest absolute Gasteiger partial charge is 0.111 e. The Morgan fingerprint density at radius 3 is 2.65 bits per heavy atom. The number of hydrogen-bond donors (Lipinski definition) is 1. The zero-order valence-corrected chi connectivity index (χ0v) is 12.1. The first kappa shape index (κ1) is 13.0. The Labute approximate surface area is 126 Å². The zero-order valence-electron chi connectivity index (χ0n) is 10.5. The second-order valence-electron chi connectivity index (χ2n) is 4.51. The highest BCUT2D eigenvalue weighted by Crippen LogP contribution is 2.35. The van der Waals surface area contributed by atoms with Crippen LogP contribution in [0.15, 0.2) is 48.0 Å². The molecule has 1 N–H and O–H groups in total. The molecule has 4 heteroatoms. The van der Waals surface area contributed by atoms with Crippen molar-refractivity contribution in [2.75, 3.05) is 0 Å². The summed E-state index contributed by atoms with van der Waals surface area (Å²) in [6.45, 7) is 0. The van der Waals surface area contributed by atoms with Crippen LogP contribution in [-0.4, -0.2) is 9.24 Å². The van der Waals surface area contributed by atoms with E-state index in [1.165, 1.54) is 11.8 Å². The van der Waals surface area contributed by atoms with Gasteiger partial charge in [0.15, 0.2) is 0 Å². The van der Waals surface area contributed by atoms with Gasteiger partial charge in [0, 0.05) is 6.42 Å². The van der Waals surface area contributed by atoms with Gasteiger partial charge < -0.3 is 0 Å². The van der Waals surface area contributed by atoms with E-state index in [1.807, 2.05) is 30.3 Å². The third-order valence-electron chi connectivity index (χ3n) is 3.28. The van der Waals surface area contributed by atoms with Crippen molar-refractivity contribution < 1.29 is 0 Å². The van der Waals surface area contributed by atoms with E-state index in [4.69, 9.17) is 17.6 Å². The first-order chi connectivity index (χ1) is 9.69. The Bertz CT molecular complexity index is 813. The number of thiocarbonyl (C=S) groups is 1. The van der Waals surface area contributed by atoms with E-state index in [9.17, 15) is 5.26 Å². The largest absolute Gasteiger partial charge is 0.292 e. The zero-order chi connectivity index (χ0) is 14.1. The minimum atomic E-state index is 0.256. The van der Waals surface area contributed by atoms with Gasteiger partial charge >= 0.3 is 0 Å². The Morgan fingerprint density at radius 1 is 1.15 bits per heavy atom. The van der Waals surface area contributed by atoms with Gasteiger partial charge in [-0.25, -0.2) is 0 Å². The van der Waals surface area contributed by atoms with Gasteiger partial charge in [-0.3, -0.25) is 5.41 Å². The summed E-state index contributed by atoms with van der Waals surface area (Å²) < 4.78 is 0.747. The summed E-state index contributed by atoms with van der Waals surface area (Å²) in [7, 11) is 0. The average molecular weight is 294 g/mol. The number of fused-ring (bicyclic) bond motifs is 1. The molecule has 0 atom stereocenters. The number of nitrogens with one attached hydrogen (secondary N) is 1. The number of allylic oxidation sites excluding steroid dienone is 1. The van der Waals surface area contributed by atoms with Crippen LogP contribution in [0, 0.1) is 16.7 Å². The van der Waals surface area contributed by atoms with Crippen molar-refractivity contribution in [3.63, 3.8) is 0 Å². The minimum Gasteiger partial charge on any atom is -0.292 e. The number of rotatable bonds is 1. The maximum absolute atomic E-state index is 9.29. The predicted molar refractivity (Wildman–Crippen MR) is 89.0 cm³/mol. The number of nitrogens with zero attached hydrogens (tertiary/aromatic N) is 1. The van der Waals surface area contributed by atoms with Gasteiger partial charge in [0.25, 0.3) is 0 Å². The molecular formula is C16H10N2S2. The summed E-state index contributed by atoms with van der Waals surface area (Å²) in [6.07, 6.45) is 0.573. The van der Waals surface area contributed by atoms with Crippen LogP contribution in [0.4, 0.5) is 0 Å². The van der Waals surface area contributed by atoms with Gasteiger partial charge in [-0.15, -0.1) is 0 Å². The molecule has 3 rings (SSSR count). The minimum absolute atomic E-state index is 0.256. The lowest BCUT2D eigenvalue weighted by Crippen LogP contribution is -2.10. The molecule has 0 radical (unpaired) electrons. The van der Waals surface area contributed by atoms with Crippen molar-refractivity contribution in [2.45, 2.75) is 6.42 Å². The number of thioether (sulfide) groups is 1. The fourth-order valence-corrected chi connectivity index (χ4v) is 3.42. The summed E-state index contributed by atoms with van der Waals surface area (Å²) in [5.74, 6) is 0. The lowest BCUT2D eigenvalue weighted by molar-refractivity contribution is 1.44. The monoisotopic (exact) mass is 294 g/mol. The van der Waals surface area contributed by atoms with Crippen molar-refractivity contribution in [2.24, 2.45) is 0 Å². The summed E-state index contributed by atoms with van der Waals surface area (Å²) in [5, 5.41) is 19.8.